The number of aromatic nitrogens is 4. The third kappa shape index (κ3) is 4.16. The number of nitro benzene ring substituents is 1. The standard InChI is InChI=1S/C17H17BrN8O7/c18-7-2-1-6(3-8(7)26(31)32)4-20-24-17-21-10-13(22-16(19)23-14(10)30)25(17)15-12(29)11(28)9(5-27)33-15/h1-4,9,11-12,15,27-29H,5H2,(H,21,24)(H3,19,22,23,30)/b20-4-. The number of rotatable bonds is 6. The number of ether oxygens (including phenoxy) is 1. The molecule has 1 fully saturated rings. The van der Waals surface area contributed by atoms with E-state index < -0.39 is 41.6 Å². The Morgan fingerprint density at radius 2 is 2.15 bits per heavy atom. The fraction of sp³-hybridized carbons (Fsp3) is 0.294. The van der Waals surface area contributed by atoms with Crippen LogP contribution in [0.25, 0.3) is 11.2 Å². The van der Waals surface area contributed by atoms with Crippen LogP contribution in [0.15, 0.2) is 32.6 Å². The Labute approximate surface area is 191 Å². The second-order valence-corrected chi connectivity index (χ2v) is 7.85. The molecule has 4 atom stereocenters. The number of aliphatic hydroxyl groups is 3. The zero-order chi connectivity index (χ0) is 23.9. The van der Waals surface area contributed by atoms with E-state index in [4.69, 9.17) is 10.5 Å². The van der Waals surface area contributed by atoms with Crippen LogP contribution in [0.4, 0.5) is 17.6 Å². The number of H-pyrrole nitrogens is 1. The average Bonchev–Trinajstić information content (AvgIpc) is 3.26. The number of nitrogens with two attached hydrogens (primary N) is 1. The third-order valence-corrected chi connectivity index (χ3v) is 5.56. The van der Waals surface area contributed by atoms with Crippen LogP contribution in [0.5, 0.6) is 0 Å². The predicted molar refractivity (Wildman–Crippen MR) is 118 cm³/mol. The topological polar surface area (TPSA) is 227 Å². The summed E-state index contributed by atoms with van der Waals surface area (Å²) in [5.41, 5.74) is 7.54. The summed E-state index contributed by atoms with van der Waals surface area (Å²) < 4.78 is 7.01. The highest BCUT2D eigenvalue weighted by Gasteiger charge is 2.45. The van der Waals surface area contributed by atoms with E-state index in [2.05, 4.69) is 41.4 Å². The number of nitro groups is 1. The molecule has 0 amide bonds. The maximum Gasteiger partial charge on any atom is 0.284 e. The molecule has 1 aliphatic heterocycles. The maximum absolute atomic E-state index is 12.3. The Hall–Kier alpha value is -3.44. The first kappa shape index (κ1) is 22.7. The molecule has 2 aromatic heterocycles. The molecule has 1 saturated heterocycles. The quantitative estimate of drug-likeness (QED) is 0.136. The number of hydrazone groups is 1. The highest BCUT2D eigenvalue weighted by molar-refractivity contribution is 9.10. The molecule has 16 heteroatoms. The van der Waals surface area contributed by atoms with Gasteiger partial charge in [0, 0.05) is 11.6 Å². The first-order valence-electron chi connectivity index (χ1n) is 9.34. The van der Waals surface area contributed by atoms with E-state index in [1.807, 2.05) is 0 Å². The number of halogens is 1. The molecule has 4 unspecified atom stereocenters. The predicted octanol–water partition coefficient (Wildman–Crippen LogP) is -0.570. The van der Waals surface area contributed by atoms with Crippen molar-refractivity contribution in [2.45, 2.75) is 24.5 Å². The zero-order valence-corrected chi connectivity index (χ0v) is 18.1. The average molecular weight is 525 g/mol. The van der Waals surface area contributed by atoms with Crippen LogP contribution >= 0.6 is 15.9 Å². The van der Waals surface area contributed by atoms with Gasteiger partial charge in [-0.3, -0.25) is 24.5 Å². The van der Waals surface area contributed by atoms with Crippen molar-refractivity contribution < 1.29 is 25.0 Å². The van der Waals surface area contributed by atoms with Crippen LogP contribution in [-0.4, -0.2) is 70.9 Å². The first-order chi connectivity index (χ1) is 15.7. The van der Waals surface area contributed by atoms with Gasteiger partial charge in [0.1, 0.15) is 18.3 Å². The van der Waals surface area contributed by atoms with Gasteiger partial charge in [-0.05, 0) is 22.0 Å². The number of benzene rings is 1. The molecule has 7 N–H and O–H groups in total. The lowest BCUT2D eigenvalue weighted by Gasteiger charge is -2.18. The van der Waals surface area contributed by atoms with Crippen LogP contribution in [0.3, 0.4) is 0 Å². The molecule has 0 spiro atoms. The lowest BCUT2D eigenvalue weighted by Crippen LogP contribution is -2.33. The normalized spacial score (nSPS) is 22.9. The minimum Gasteiger partial charge on any atom is -0.394 e. The van der Waals surface area contributed by atoms with Gasteiger partial charge in [-0.1, -0.05) is 6.07 Å². The van der Waals surface area contributed by atoms with Crippen molar-refractivity contribution in [3.63, 3.8) is 0 Å². The summed E-state index contributed by atoms with van der Waals surface area (Å²) >= 11 is 3.10. The van der Waals surface area contributed by atoms with Crippen LogP contribution in [0, 0.1) is 10.1 Å². The molecule has 1 aromatic carbocycles. The summed E-state index contributed by atoms with van der Waals surface area (Å²) in [6.07, 6.45) is -4.03. The highest BCUT2D eigenvalue weighted by atomic mass is 79.9. The van der Waals surface area contributed by atoms with Crippen molar-refractivity contribution in [1.29, 1.82) is 0 Å². The minimum atomic E-state index is -1.50. The van der Waals surface area contributed by atoms with Gasteiger partial charge in [-0.15, -0.1) is 0 Å². The molecule has 1 aliphatic rings. The van der Waals surface area contributed by atoms with Crippen molar-refractivity contribution in [2.75, 3.05) is 17.8 Å². The maximum atomic E-state index is 12.3. The molecule has 0 aliphatic carbocycles. The van der Waals surface area contributed by atoms with Crippen LogP contribution < -0.4 is 16.7 Å². The Morgan fingerprint density at radius 1 is 1.39 bits per heavy atom. The number of imidazole rings is 1. The van der Waals surface area contributed by atoms with Gasteiger partial charge in [0.25, 0.3) is 11.2 Å². The summed E-state index contributed by atoms with van der Waals surface area (Å²) in [4.78, 5) is 33.3. The highest BCUT2D eigenvalue weighted by Crippen LogP contribution is 2.34. The number of aliphatic hydroxyl groups excluding tert-OH is 3. The van der Waals surface area contributed by atoms with Gasteiger partial charge in [-0.25, -0.2) is 10.4 Å². The number of nitrogens with zero attached hydrogens (tertiary/aromatic N) is 5. The van der Waals surface area contributed by atoms with Crippen molar-refractivity contribution in [1.82, 2.24) is 19.5 Å². The van der Waals surface area contributed by atoms with Crippen molar-refractivity contribution >= 4 is 50.9 Å². The van der Waals surface area contributed by atoms with Crippen LogP contribution in [0.2, 0.25) is 0 Å². The zero-order valence-electron chi connectivity index (χ0n) is 16.5. The summed E-state index contributed by atoms with van der Waals surface area (Å²) in [6, 6.07) is 4.35. The summed E-state index contributed by atoms with van der Waals surface area (Å²) in [5, 5.41) is 45.1. The molecule has 33 heavy (non-hydrogen) atoms. The molecule has 3 heterocycles. The van der Waals surface area contributed by atoms with Gasteiger partial charge in [0.2, 0.25) is 11.9 Å². The van der Waals surface area contributed by atoms with Crippen molar-refractivity contribution in [3.05, 3.63) is 48.7 Å². The van der Waals surface area contributed by atoms with E-state index in [9.17, 15) is 30.2 Å². The molecule has 3 aromatic rings. The Bertz CT molecular complexity index is 1310. The second kappa shape index (κ2) is 8.83. The lowest BCUT2D eigenvalue weighted by molar-refractivity contribution is -0.385. The number of nitrogen functional groups attached to an aromatic ring is 1. The Kier molecular flexibility index (Phi) is 6.09. The van der Waals surface area contributed by atoms with Gasteiger partial charge in [0.15, 0.2) is 17.4 Å². The number of aromatic amines is 1. The fourth-order valence-electron chi connectivity index (χ4n) is 3.33. The monoisotopic (exact) mass is 524 g/mol. The van der Waals surface area contributed by atoms with Gasteiger partial charge >= 0.3 is 0 Å². The smallest absolute Gasteiger partial charge is 0.284 e. The van der Waals surface area contributed by atoms with Gasteiger partial charge in [-0.2, -0.15) is 10.1 Å². The van der Waals surface area contributed by atoms with Crippen molar-refractivity contribution in [2.24, 2.45) is 5.10 Å². The molecular formula is C17H17BrN8O7. The van der Waals surface area contributed by atoms with Gasteiger partial charge in [0.05, 0.1) is 22.2 Å². The summed E-state index contributed by atoms with van der Waals surface area (Å²) in [6.45, 7) is -0.569. The first-order valence-corrected chi connectivity index (χ1v) is 10.1. The molecule has 0 bridgehead atoms. The molecule has 4 rings (SSSR count). The minimum absolute atomic E-state index is 0.0666. The van der Waals surface area contributed by atoms with E-state index in [0.717, 1.165) is 0 Å². The fourth-order valence-corrected chi connectivity index (χ4v) is 3.72. The van der Waals surface area contributed by atoms with E-state index in [0.29, 0.717) is 10.0 Å². The third-order valence-electron chi connectivity index (χ3n) is 4.89. The number of hydrogen-bond donors (Lipinski definition) is 6. The van der Waals surface area contributed by atoms with Crippen molar-refractivity contribution in [3.8, 4) is 0 Å². The molecule has 174 valence electrons. The molecule has 0 radical (unpaired) electrons. The van der Waals surface area contributed by atoms with E-state index >= 15 is 0 Å². The molecule has 15 nitrogen and oxygen atoms in total. The summed E-state index contributed by atoms with van der Waals surface area (Å²) in [7, 11) is 0. The number of fused-ring (bicyclic) bond motifs is 1. The van der Waals surface area contributed by atoms with Gasteiger partial charge < -0.3 is 25.8 Å². The van der Waals surface area contributed by atoms with Crippen LogP contribution in [-0.2, 0) is 4.74 Å². The Morgan fingerprint density at radius 3 is 2.82 bits per heavy atom. The van der Waals surface area contributed by atoms with E-state index in [1.54, 1.807) is 6.07 Å². The number of anilines is 2. The second-order valence-electron chi connectivity index (χ2n) is 7.00. The largest absolute Gasteiger partial charge is 0.394 e. The van der Waals surface area contributed by atoms with E-state index in [1.165, 1.54) is 22.9 Å². The van der Waals surface area contributed by atoms with E-state index in [-0.39, 0.29) is 28.7 Å². The molecular weight excluding hydrogens is 508 g/mol. The SMILES string of the molecule is Nc1nc2c(nc(N/N=C\c3ccc(Br)c([N+](=O)[O-])c3)n2C2OC(CO)C(O)C2O)c(=O)[nH]1. The van der Waals surface area contributed by atoms with Crippen LogP contribution in [0.1, 0.15) is 11.8 Å². The Balaban J connectivity index is 1.74. The molecule has 0 saturated carbocycles. The summed E-state index contributed by atoms with van der Waals surface area (Å²) in [5.74, 6) is -0.330. The number of hydrogen-bond acceptors (Lipinski definition) is 12. The number of nitrogens with one attached hydrogen (secondary N) is 2. The lowest BCUT2D eigenvalue weighted by atomic mass is 10.1.